The molecule has 0 fully saturated rings. The minimum Gasteiger partial charge on any atom is -0.478 e. The lowest BCUT2D eigenvalue weighted by Gasteiger charge is -2.10. The summed E-state index contributed by atoms with van der Waals surface area (Å²) in [5.41, 5.74) is 1.92. The van der Waals surface area contributed by atoms with Crippen LogP contribution in [-0.2, 0) is 0 Å². The zero-order valence-electron chi connectivity index (χ0n) is 10.5. The molecule has 98 valence electrons. The Morgan fingerprint density at radius 3 is 2.63 bits per heavy atom. The van der Waals surface area contributed by atoms with Gasteiger partial charge in [-0.05, 0) is 53.5 Å². The number of pyridine rings is 1. The summed E-state index contributed by atoms with van der Waals surface area (Å²) in [5, 5.41) is 8.98. The van der Waals surface area contributed by atoms with Crippen LogP contribution in [0.4, 0.5) is 0 Å². The van der Waals surface area contributed by atoms with Crippen LogP contribution in [-0.4, -0.2) is 16.1 Å². The number of carboxylic acids is 1. The molecule has 1 aromatic carbocycles. The summed E-state index contributed by atoms with van der Waals surface area (Å²) >= 11 is 3.33. The van der Waals surface area contributed by atoms with Gasteiger partial charge < -0.3 is 9.84 Å². The van der Waals surface area contributed by atoms with E-state index in [-0.39, 0.29) is 5.56 Å². The van der Waals surface area contributed by atoms with E-state index in [1.807, 2.05) is 19.9 Å². The minimum absolute atomic E-state index is 0.190. The zero-order valence-corrected chi connectivity index (χ0v) is 12.1. The maximum absolute atomic E-state index is 11.0. The van der Waals surface area contributed by atoms with Gasteiger partial charge >= 0.3 is 5.97 Å². The maximum atomic E-state index is 11.0. The normalized spacial score (nSPS) is 10.3. The van der Waals surface area contributed by atoms with Gasteiger partial charge in [0.25, 0.3) is 0 Å². The molecule has 0 bridgehead atoms. The molecule has 2 rings (SSSR count). The quantitative estimate of drug-likeness (QED) is 0.929. The van der Waals surface area contributed by atoms with Gasteiger partial charge in [-0.25, -0.2) is 9.78 Å². The number of ether oxygens (including phenoxy) is 1. The molecular weight excluding hydrogens is 310 g/mol. The Bertz CT molecular complexity index is 641. The van der Waals surface area contributed by atoms with Crippen molar-refractivity contribution in [3.8, 4) is 11.6 Å². The number of carbonyl (C=O) groups is 1. The number of aromatic carboxylic acids is 1. The Labute approximate surface area is 119 Å². The predicted molar refractivity (Wildman–Crippen MR) is 74.9 cm³/mol. The lowest BCUT2D eigenvalue weighted by Crippen LogP contribution is -1.99. The van der Waals surface area contributed by atoms with Crippen molar-refractivity contribution >= 4 is 21.9 Å². The second kappa shape index (κ2) is 5.40. The van der Waals surface area contributed by atoms with Crippen molar-refractivity contribution in [1.29, 1.82) is 0 Å². The number of aryl methyl sites for hydroxylation is 2. The van der Waals surface area contributed by atoms with Crippen LogP contribution < -0.4 is 4.74 Å². The summed E-state index contributed by atoms with van der Waals surface area (Å²) in [6.45, 7) is 3.73. The molecule has 0 unspecified atom stereocenters. The van der Waals surface area contributed by atoms with E-state index < -0.39 is 5.97 Å². The van der Waals surface area contributed by atoms with Crippen LogP contribution in [0.1, 0.15) is 21.5 Å². The molecule has 0 spiro atoms. The summed E-state index contributed by atoms with van der Waals surface area (Å²) in [6.07, 6.45) is 1.64. The van der Waals surface area contributed by atoms with Crippen LogP contribution in [0, 0.1) is 13.8 Å². The molecule has 5 heteroatoms. The van der Waals surface area contributed by atoms with E-state index >= 15 is 0 Å². The van der Waals surface area contributed by atoms with Crippen molar-refractivity contribution in [1.82, 2.24) is 4.98 Å². The van der Waals surface area contributed by atoms with Crippen molar-refractivity contribution in [2.75, 3.05) is 0 Å². The standard InChI is InChI=1S/C14H12BrNO3/c1-8-3-4-10(14(17)18)6-12(8)19-13-9(2)5-11(15)7-16-13/h3-7H,1-2H3,(H,17,18). The smallest absolute Gasteiger partial charge is 0.335 e. The SMILES string of the molecule is Cc1ccc(C(=O)O)cc1Oc1ncc(Br)cc1C. The van der Waals surface area contributed by atoms with Gasteiger partial charge in [-0.15, -0.1) is 0 Å². The predicted octanol–water partition coefficient (Wildman–Crippen LogP) is 3.95. The maximum Gasteiger partial charge on any atom is 0.335 e. The first-order chi connectivity index (χ1) is 8.97. The van der Waals surface area contributed by atoms with Gasteiger partial charge in [0, 0.05) is 16.2 Å². The topological polar surface area (TPSA) is 59.4 Å². The molecule has 0 atom stereocenters. The van der Waals surface area contributed by atoms with E-state index in [2.05, 4.69) is 20.9 Å². The summed E-state index contributed by atoms with van der Waals surface area (Å²) in [7, 11) is 0. The van der Waals surface area contributed by atoms with Gasteiger partial charge in [-0.2, -0.15) is 0 Å². The van der Waals surface area contributed by atoms with Gasteiger partial charge in [0.1, 0.15) is 5.75 Å². The van der Waals surface area contributed by atoms with Crippen LogP contribution in [0.25, 0.3) is 0 Å². The van der Waals surface area contributed by atoms with Gasteiger partial charge in [0.2, 0.25) is 5.88 Å². The van der Waals surface area contributed by atoms with E-state index in [1.54, 1.807) is 18.3 Å². The second-order valence-corrected chi connectivity index (χ2v) is 5.08. The van der Waals surface area contributed by atoms with E-state index in [1.165, 1.54) is 6.07 Å². The number of halogens is 1. The third-order valence-electron chi connectivity index (χ3n) is 2.64. The molecule has 1 N–H and O–H groups in total. The highest BCUT2D eigenvalue weighted by Crippen LogP contribution is 2.28. The van der Waals surface area contributed by atoms with Gasteiger partial charge in [0.05, 0.1) is 5.56 Å². The molecule has 0 aliphatic carbocycles. The van der Waals surface area contributed by atoms with Gasteiger partial charge in [-0.1, -0.05) is 6.07 Å². The van der Waals surface area contributed by atoms with E-state index in [0.717, 1.165) is 15.6 Å². The Morgan fingerprint density at radius 1 is 1.26 bits per heavy atom. The first-order valence-corrected chi connectivity index (χ1v) is 6.40. The Hall–Kier alpha value is -1.88. The van der Waals surface area contributed by atoms with Crippen LogP contribution >= 0.6 is 15.9 Å². The van der Waals surface area contributed by atoms with Crippen LogP contribution in [0.3, 0.4) is 0 Å². The Morgan fingerprint density at radius 2 is 2.00 bits per heavy atom. The van der Waals surface area contributed by atoms with Crippen LogP contribution in [0.5, 0.6) is 11.6 Å². The number of nitrogens with zero attached hydrogens (tertiary/aromatic N) is 1. The minimum atomic E-state index is -0.981. The van der Waals surface area contributed by atoms with Crippen molar-refractivity contribution < 1.29 is 14.6 Å². The summed E-state index contributed by atoms with van der Waals surface area (Å²) in [5.74, 6) is -0.0167. The van der Waals surface area contributed by atoms with Crippen LogP contribution in [0.2, 0.25) is 0 Å². The van der Waals surface area contributed by atoms with Crippen LogP contribution in [0.15, 0.2) is 34.9 Å². The highest BCUT2D eigenvalue weighted by Gasteiger charge is 2.10. The molecule has 0 aliphatic heterocycles. The largest absolute Gasteiger partial charge is 0.478 e. The molecule has 0 radical (unpaired) electrons. The molecular formula is C14H12BrNO3. The molecule has 0 amide bonds. The van der Waals surface area contributed by atoms with Crippen molar-refractivity contribution in [2.45, 2.75) is 13.8 Å². The van der Waals surface area contributed by atoms with Crippen molar-refractivity contribution in [3.05, 3.63) is 51.6 Å². The fraction of sp³-hybridized carbons (Fsp3) is 0.143. The number of rotatable bonds is 3. The number of benzene rings is 1. The first kappa shape index (κ1) is 13.5. The number of hydrogen-bond donors (Lipinski definition) is 1. The van der Waals surface area contributed by atoms with Gasteiger partial charge in [0.15, 0.2) is 0 Å². The Balaban J connectivity index is 2.37. The van der Waals surface area contributed by atoms with E-state index in [0.29, 0.717) is 11.6 Å². The molecule has 19 heavy (non-hydrogen) atoms. The molecule has 2 aromatic rings. The third kappa shape index (κ3) is 3.12. The van der Waals surface area contributed by atoms with Gasteiger partial charge in [-0.3, -0.25) is 0 Å². The summed E-state index contributed by atoms with van der Waals surface area (Å²) in [6, 6.07) is 6.65. The first-order valence-electron chi connectivity index (χ1n) is 5.61. The average molecular weight is 322 g/mol. The number of aromatic nitrogens is 1. The second-order valence-electron chi connectivity index (χ2n) is 4.16. The molecule has 1 heterocycles. The van der Waals surface area contributed by atoms with E-state index in [4.69, 9.17) is 9.84 Å². The lowest BCUT2D eigenvalue weighted by atomic mass is 10.1. The highest BCUT2D eigenvalue weighted by atomic mass is 79.9. The number of carboxylic acid groups (broad SMARTS) is 1. The number of hydrogen-bond acceptors (Lipinski definition) is 3. The lowest BCUT2D eigenvalue weighted by molar-refractivity contribution is 0.0696. The molecule has 4 nitrogen and oxygen atoms in total. The molecule has 0 saturated heterocycles. The fourth-order valence-electron chi connectivity index (χ4n) is 1.58. The molecule has 0 aliphatic rings. The third-order valence-corrected chi connectivity index (χ3v) is 3.07. The highest BCUT2D eigenvalue weighted by molar-refractivity contribution is 9.10. The monoisotopic (exact) mass is 321 g/mol. The zero-order chi connectivity index (χ0) is 14.0. The summed E-state index contributed by atoms with van der Waals surface area (Å²) in [4.78, 5) is 15.1. The Kier molecular flexibility index (Phi) is 3.85. The fourth-order valence-corrected chi connectivity index (χ4v) is 2.03. The molecule has 1 aromatic heterocycles. The van der Waals surface area contributed by atoms with Crippen molar-refractivity contribution in [2.24, 2.45) is 0 Å². The molecule has 0 saturated carbocycles. The van der Waals surface area contributed by atoms with Crippen molar-refractivity contribution in [3.63, 3.8) is 0 Å². The average Bonchev–Trinajstić information content (AvgIpc) is 2.34. The van der Waals surface area contributed by atoms with E-state index in [9.17, 15) is 4.79 Å². The summed E-state index contributed by atoms with van der Waals surface area (Å²) < 4.78 is 6.56.